The SMILES string of the molecule is CC=C(Cl)CC(C)C(C)C. The summed E-state index contributed by atoms with van der Waals surface area (Å²) in [6, 6.07) is 0. The maximum Gasteiger partial charge on any atom is 0.0141 e. The van der Waals surface area contributed by atoms with Crippen LogP contribution in [0.5, 0.6) is 0 Å². The van der Waals surface area contributed by atoms with E-state index in [4.69, 9.17) is 11.6 Å². The summed E-state index contributed by atoms with van der Waals surface area (Å²) in [5.74, 6) is 1.43. The number of rotatable bonds is 3. The third-order valence-electron chi connectivity index (χ3n) is 1.97. The van der Waals surface area contributed by atoms with E-state index in [2.05, 4.69) is 20.8 Å². The maximum atomic E-state index is 5.87. The zero-order chi connectivity index (χ0) is 8.15. The molecule has 1 unspecified atom stereocenters. The van der Waals surface area contributed by atoms with Crippen molar-refractivity contribution in [2.45, 2.75) is 34.1 Å². The quantitative estimate of drug-likeness (QED) is 0.589. The van der Waals surface area contributed by atoms with Crippen LogP contribution in [0.2, 0.25) is 0 Å². The molecule has 60 valence electrons. The molecule has 0 saturated carbocycles. The fraction of sp³-hybridized carbons (Fsp3) is 0.778. The summed E-state index contributed by atoms with van der Waals surface area (Å²) in [5, 5.41) is 0.987. The summed E-state index contributed by atoms with van der Waals surface area (Å²) in [4.78, 5) is 0. The third kappa shape index (κ3) is 3.94. The first-order valence-corrected chi connectivity index (χ1v) is 4.26. The molecule has 0 spiro atoms. The van der Waals surface area contributed by atoms with Crippen molar-refractivity contribution in [2.24, 2.45) is 11.8 Å². The van der Waals surface area contributed by atoms with E-state index in [-0.39, 0.29) is 0 Å². The van der Waals surface area contributed by atoms with Gasteiger partial charge in [-0.05, 0) is 25.2 Å². The normalized spacial score (nSPS) is 16.0. The number of hydrogen-bond donors (Lipinski definition) is 0. The number of allylic oxidation sites excluding steroid dienone is 2. The largest absolute Gasteiger partial charge is 0.0895 e. The monoisotopic (exact) mass is 160 g/mol. The molecule has 0 aliphatic rings. The van der Waals surface area contributed by atoms with Gasteiger partial charge in [-0.3, -0.25) is 0 Å². The molecule has 0 aromatic carbocycles. The lowest BCUT2D eigenvalue weighted by Gasteiger charge is -2.13. The van der Waals surface area contributed by atoms with Crippen molar-refractivity contribution < 1.29 is 0 Å². The zero-order valence-corrected chi connectivity index (χ0v) is 8.07. The lowest BCUT2D eigenvalue weighted by Crippen LogP contribution is -2.03. The fourth-order valence-electron chi connectivity index (χ4n) is 0.661. The van der Waals surface area contributed by atoms with Gasteiger partial charge in [0.2, 0.25) is 0 Å². The Balaban J connectivity index is 3.68. The Morgan fingerprint density at radius 1 is 1.40 bits per heavy atom. The van der Waals surface area contributed by atoms with E-state index in [1.165, 1.54) is 0 Å². The first-order chi connectivity index (χ1) is 4.57. The van der Waals surface area contributed by atoms with Gasteiger partial charge in [0.15, 0.2) is 0 Å². The highest BCUT2D eigenvalue weighted by Crippen LogP contribution is 2.21. The molecule has 1 atom stereocenters. The Bertz CT molecular complexity index is 114. The van der Waals surface area contributed by atoms with Gasteiger partial charge in [0.25, 0.3) is 0 Å². The third-order valence-corrected chi connectivity index (χ3v) is 2.34. The molecule has 0 aliphatic heterocycles. The van der Waals surface area contributed by atoms with Crippen molar-refractivity contribution in [3.05, 3.63) is 11.1 Å². The van der Waals surface area contributed by atoms with E-state index in [9.17, 15) is 0 Å². The van der Waals surface area contributed by atoms with E-state index in [0.29, 0.717) is 5.92 Å². The van der Waals surface area contributed by atoms with Crippen molar-refractivity contribution in [3.8, 4) is 0 Å². The van der Waals surface area contributed by atoms with Gasteiger partial charge in [-0.25, -0.2) is 0 Å². The molecular weight excluding hydrogens is 144 g/mol. The molecule has 0 amide bonds. The Hall–Kier alpha value is 0.0300. The molecule has 0 aromatic heterocycles. The molecule has 0 aliphatic carbocycles. The summed E-state index contributed by atoms with van der Waals surface area (Å²) in [5.41, 5.74) is 0. The van der Waals surface area contributed by atoms with E-state index >= 15 is 0 Å². The molecule has 0 saturated heterocycles. The van der Waals surface area contributed by atoms with Gasteiger partial charge in [-0.2, -0.15) is 0 Å². The van der Waals surface area contributed by atoms with E-state index in [0.717, 1.165) is 17.4 Å². The van der Waals surface area contributed by atoms with Crippen LogP contribution in [0.25, 0.3) is 0 Å². The molecular formula is C9H17Cl. The van der Waals surface area contributed by atoms with Crippen LogP contribution in [0.3, 0.4) is 0 Å². The lowest BCUT2D eigenvalue weighted by atomic mass is 9.94. The highest BCUT2D eigenvalue weighted by Gasteiger charge is 2.07. The highest BCUT2D eigenvalue weighted by atomic mass is 35.5. The van der Waals surface area contributed by atoms with Gasteiger partial charge >= 0.3 is 0 Å². The van der Waals surface area contributed by atoms with Crippen LogP contribution >= 0.6 is 11.6 Å². The Morgan fingerprint density at radius 3 is 2.20 bits per heavy atom. The zero-order valence-electron chi connectivity index (χ0n) is 7.32. The van der Waals surface area contributed by atoms with Crippen LogP contribution in [0, 0.1) is 11.8 Å². The summed E-state index contributed by atoms with van der Waals surface area (Å²) >= 11 is 5.87. The second-order valence-electron chi connectivity index (χ2n) is 3.16. The minimum absolute atomic E-state index is 0.698. The van der Waals surface area contributed by atoms with Gasteiger partial charge in [0.05, 0.1) is 0 Å². The topological polar surface area (TPSA) is 0 Å². The molecule has 0 radical (unpaired) electrons. The molecule has 0 rings (SSSR count). The molecule has 0 nitrogen and oxygen atoms in total. The molecule has 0 heterocycles. The average Bonchev–Trinajstić information content (AvgIpc) is 1.87. The minimum atomic E-state index is 0.698. The Labute approximate surface area is 69.3 Å². The molecule has 0 N–H and O–H groups in total. The smallest absolute Gasteiger partial charge is 0.0141 e. The lowest BCUT2D eigenvalue weighted by molar-refractivity contribution is 0.421. The van der Waals surface area contributed by atoms with Crippen LogP contribution in [0.1, 0.15) is 34.1 Å². The summed E-state index contributed by atoms with van der Waals surface area (Å²) in [6.45, 7) is 8.67. The minimum Gasteiger partial charge on any atom is -0.0895 e. The number of halogens is 1. The Kier molecular flexibility index (Phi) is 4.80. The van der Waals surface area contributed by atoms with Gasteiger partial charge in [0, 0.05) is 5.03 Å². The van der Waals surface area contributed by atoms with E-state index in [1.807, 2.05) is 13.0 Å². The Morgan fingerprint density at radius 2 is 1.90 bits per heavy atom. The molecule has 10 heavy (non-hydrogen) atoms. The van der Waals surface area contributed by atoms with Crippen molar-refractivity contribution in [1.82, 2.24) is 0 Å². The van der Waals surface area contributed by atoms with Gasteiger partial charge in [-0.1, -0.05) is 38.4 Å². The molecule has 0 bridgehead atoms. The van der Waals surface area contributed by atoms with Crippen LogP contribution in [0.4, 0.5) is 0 Å². The van der Waals surface area contributed by atoms with Crippen LogP contribution in [-0.2, 0) is 0 Å². The van der Waals surface area contributed by atoms with Crippen molar-refractivity contribution in [1.29, 1.82) is 0 Å². The highest BCUT2D eigenvalue weighted by molar-refractivity contribution is 6.29. The van der Waals surface area contributed by atoms with E-state index < -0.39 is 0 Å². The molecule has 0 fully saturated rings. The van der Waals surface area contributed by atoms with Gasteiger partial charge in [0.1, 0.15) is 0 Å². The van der Waals surface area contributed by atoms with Gasteiger partial charge in [-0.15, -0.1) is 0 Å². The molecule has 0 aromatic rings. The summed E-state index contributed by atoms with van der Waals surface area (Å²) < 4.78 is 0. The predicted octanol–water partition coefficient (Wildman–Crippen LogP) is 3.81. The predicted molar refractivity (Wildman–Crippen MR) is 48.2 cm³/mol. The van der Waals surface area contributed by atoms with Crippen LogP contribution in [-0.4, -0.2) is 0 Å². The maximum absolute atomic E-state index is 5.87. The average molecular weight is 161 g/mol. The molecule has 1 heteroatoms. The standard InChI is InChI=1S/C9H17Cl/c1-5-9(10)6-8(4)7(2)3/h5,7-8H,6H2,1-4H3. The van der Waals surface area contributed by atoms with Crippen LogP contribution < -0.4 is 0 Å². The van der Waals surface area contributed by atoms with Crippen LogP contribution in [0.15, 0.2) is 11.1 Å². The van der Waals surface area contributed by atoms with Crippen molar-refractivity contribution >= 4 is 11.6 Å². The fourth-order valence-corrected chi connectivity index (χ4v) is 0.905. The van der Waals surface area contributed by atoms with Gasteiger partial charge < -0.3 is 0 Å². The van der Waals surface area contributed by atoms with Crippen molar-refractivity contribution in [2.75, 3.05) is 0 Å². The second kappa shape index (κ2) is 4.79. The first kappa shape index (κ1) is 10.0. The first-order valence-electron chi connectivity index (χ1n) is 3.88. The van der Waals surface area contributed by atoms with E-state index in [1.54, 1.807) is 0 Å². The number of hydrogen-bond acceptors (Lipinski definition) is 0. The summed E-state index contributed by atoms with van der Waals surface area (Å²) in [7, 11) is 0. The van der Waals surface area contributed by atoms with Crippen molar-refractivity contribution in [3.63, 3.8) is 0 Å². The second-order valence-corrected chi connectivity index (χ2v) is 3.65. The summed E-state index contributed by atoms with van der Waals surface area (Å²) in [6.07, 6.45) is 3.00.